The smallest absolute Gasteiger partial charge is 0.0288 e. The van der Waals surface area contributed by atoms with E-state index in [0.717, 1.165) is 12.3 Å². The first-order chi connectivity index (χ1) is 6.95. The van der Waals surface area contributed by atoms with Gasteiger partial charge in [0.05, 0.1) is 0 Å². The van der Waals surface area contributed by atoms with Gasteiger partial charge in [-0.2, -0.15) is 0 Å². The summed E-state index contributed by atoms with van der Waals surface area (Å²) >= 11 is 0. The second kappa shape index (κ2) is 3.35. The van der Waals surface area contributed by atoms with Gasteiger partial charge < -0.3 is 5.32 Å². The third-order valence-electron chi connectivity index (χ3n) is 3.68. The molecule has 74 valence electrons. The summed E-state index contributed by atoms with van der Waals surface area (Å²) in [6.45, 7) is 0. The minimum Gasteiger partial charge on any atom is -0.307 e. The van der Waals surface area contributed by atoms with E-state index in [0.29, 0.717) is 18.0 Å². The molecule has 2 nitrogen and oxygen atoms in total. The van der Waals surface area contributed by atoms with Crippen molar-refractivity contribution >= 4 is 6.21 Å². The van der Waals surface area contributed by atoms with E-state index in [2.05, 4.69) is 34.8 Å². The van der Waals surface area contributed by atoms with Crippen LogP contribution >= 0.6 is 0 Å². The fourth-order valence-corrected chi connectivity index (χ4v) is 2.98. The van der Waals surface area contributed by atoms with Gasteiger partial charge in [-0.3, -0.25) is 4.99 Å². The number of nitrogens with one attached hydrogen (secondary N) is 1. The standard InChI is InChI=1S/C12H16N2/c1-2-5-11-9(4-1)10-8-13-7-3-6-12(10)14-11/h2-3,5,7-12,14H,1,4,6H2. The van der Waals surface area contributed by atoms with Crippen LogP contribution in [0, 0.1) is 11.8 Å². The van der Waals surface area contributed by atoms with Crippen LogP contribution in [0.15, 0.2) is 29.4 Å². The van der Waals surface area contributed by atoms with Crippen molar-refractivity contribution in [3.8, 4) is 0 Å². The lowest BCUT2D eigenvalue weighted by Crippen LogP contribution is -2.30. The lowest BCUT2D eigenvalue weighted by molar-refractivity contribution is 0.413. The maximum Gasteiger partial charge on any atom is 0.0288 e. The van der Waals surface area contributed by atoms with Gasteiger partial charge in [-0.1, -0.05) is 18.2 Å². The summed E-state index contributed by atoms with van der Waals surface area (Å²) in [5, 5.41) is 3.71. The molecule has 3 aliphatic rings. The fraction of sp³-hybridized carbons (Fsp3) is 0.583. The Bertz CT molecular complexity index is 303. The molecule has 2 heteroatoms. The van der Waals surface area contributed by atoms with E-state index in [-0.39, 0.29) is 0 Å². The molecule has 14 heavy (non-hydrogen) atoms. The van der Waals surface area contributed by atoms with E-state index >= 15 is 0 Å². The predicted octanol–water partition coefficient (Wildman–Crippen LogP) is 1.90. The average Bonchev–Trinajstić information content (AvgIpc) is 2.42. The molecule has 2 heterocycles. The molecule has 0 amide bonds. The number of allylic oxidation sites excluding steroid dienone is 1. The van der Waals surface area contributed by atoms with E-state index in [1.807, 2.05) is 6.20 Å². The minimum absolute atomic E-state index is 0.608. The lowest BCUT2D eigenvalue weighted by Gasteiger charge is -2.22. The van der Waals surface area contributed by atoms with Crippen LogP contribution in [0.1, 0.15) is 19.3 Å². The molecule has 0 radical (unpaired) electrons. The minimum atomic E-state index is 0.608. The zero-order chi connectivity index (χ0) is 9.38. The summed E-state index contributed by atoms with van der Waals surface area (Å²) in [5.41, 5.74) is 0. The van der Waals surface area contributed by atoms with Gasteiger partial charge in [-0.05, 0) is 25.2 Å². The number of hydrogen-bond donors (Lipinski definition) is 1. The molecule has 0 aromatic carbocycles. The largest absolute Gasteiger partial charge is 0.307 e. The molecule has 1 aliphatic carbocycles. The Hall–Kier alpha value is -0.890. The first kappa shape index (κ1) is 8.42. The highest BCUT2D eigenvalue weighted by molar-refractivity contribution is 5.65. The van der Waals surface area contributed by atoms with Gasteiger partial charge in [0.1, 0.15) is 0 Å². The molecule has 4 unspecified atom stereocenters. The number of fused-ring (bicyclic) bond motifs is 3. The maximum absolute atomic E-state index is 4.33. The second-order valence-corrected chi connectivity index (χ2v) is 4.46. The zero-order valence-electron chi connectivity index (χ0n) is 8.26. The average molecular weight is 188 g/mol. The zero-order valence-corrected chi connectivity index (χ0v) is 8.26. The first-order valence-corrected chi connectivity index (χ1v) is 5.56. The molecule has 1 saturated heterocycles. The Morgan fingerprint density at radius 3 is 3.29 bits per heavy atom. The van der Waals surface area contributed by atoms with Crippen LogP contribution < -0.4 is 5.32 Å². The van der Waals surface area contributed by atoms with Crippen molar-refractivity contribution in [3.05, 3.63) is 24.4 Å². The molecular formula is C12H16N2. The van der Waals surface area contributed by atoms with Crippen LogP contribution in [0.25, 0.3) is 0 Å². The van der Waals surface area contributed by atoms with Gasteiger partial charge in [0.15, 0.2) is 0 Å². The second-order valence-electron chi connectivity index (χ2n) is 4.46. The number of nitrogens with zero attached hydrogens (tertiary/aromatic N) is 1. The Balaban J connectivity index is 1.87. The molecule has 1 fully saturated rings. The normalized spacial score (nSPS) is 44.6. The Labute approximate surface area is 84.8 Å². The van der Waals surface area contributed by atoms with E-state index in [1.165, 1.54) is 12.8 Å². The quantitative estimate of drug-likeness (QED) is 0.577. The van der Waals surface area contributed by atoms with Crippen molar-refractivity contribution < 1.29 is 0 Å². The monoisotopic (exact) mass is 188 g/mol. The van der Waals surface area contributed by atoms with Crippen LogP contribution in [0.5, 0.6) is 0 Å². The molecule has 0 saturated carbocycles. The SMILES string of the molecule is C1=CC2NC3CC=CN=CC3C2CC1. The summed E-state index contributed by atoms with van der Waals surface area (Å²) in [6, 6.07) is 1.23. The third-order valence-corrected chi connectivity index (χ3v) is 3.68. The van der Waals surface area contributed by atoms with Crippen LogP contribution in [-0.2, 0) is 0 Å². The third kappa shape index (κ3) is 1.25. The maximum atomic E-state index is 4.33. The molecule has 2 aliphatic heterocycles. The summed E-state index contributed by atoms with van der Waals surface area (Å²) in [7, 11) is 0. The van der Waals surface area contributed by atoms with Gasteiger partial charge in [-0.25, -0.2) is 0 Å². The van der Waals surface area contributed by atoms with Gasteiger partial charge in [0.2, 0.25) is 0 Å². The van der Waals surface area contributed by atoms with Crippen LogP contribution in [0.2, 0.25) is 0 Å². The molecular weight excluding hydrogens is 172 g/mol. The highest BCUT2D eigenvalue weighted by atomic mass is 15.0. The summed E-state index contributed by atoms with van der Waals surface area (Å²) < 4.78 is 0. The number of aliphatic imine (C=N–C) groups is 1. The highest BCUT2D eigenvalue weighted by Gasteiger charge is 2.40. The summed E-state index contributed by atoms with van der Waals surface area (Å²) in [6.07, 6.45) is 14.6. The molecule has 4 atom stereocenters. The van der Waals surface area contributed by atoms with Gasteiger partial charge in [0, 0.05) is 30.4 Å². The Morgan fingerprint density at radius 2 is 2.29 bits per heavy atom. The van der Waals surface area contributed by atoms with E-state index in [1.54, 1.807) is 0 Å². The molecule has 0 spiro atoms. The van der Waals surface area contributed by atoms with Crippen molar-refractivity contribution in [1.82, 2.24) is 5.32 Å². The van der Waals surface area contributed by atoms with Crippen molar-refractivity contribution in [1.29, 1.82) is 0 Å². The molecule has 1 N–H and O–H groups in total. The lowest BCUT2D eigenvalue weighted by atomic mass is 9.81. The van der Waals surface area contributed by atoms with Crippen molar-refractivity contribution in [3.63, 3.8) is 0 Å². The fourth-order valence-electron chi connectivity index (χ4n) is 2.98. The Morgan fingerprint density at radius 1 is 1.29 bits per heavy atom. The van der Waals surface area contributed by atoms with Crippen molar-refractivity contribution in [2.24, 2.45) is 16.8 Å². The van der Waals surface area contributed by atoms with Crippen LogP contribution in [0.4, 0.5) is 0 Å². The van der Waals surface area contributed by atoms with Crippen molar-refractivity contribution in [2.75, 3.05) is 0 Å². The molecule has 0 bridgehead atoms. The molecule has 3 rings (SSSR count). The van der Waals surface area contributed by atoms with Gasteiger partial charge in [0.25, 0.3) is 0 Å². The predicted molar refractivity (Wildman–Crippen MR) is 58.3 cm³/mol. The van der Waals surface area contributed by atoms with E-state index < -0.39 is 0 Å². The topological polar surface area (TPSA) is 24.4 Å². The number of rotatable bonds is 0. The van der Waals surface area contributed by atoms with E-state index in [9.17, 15) is 0 Å². The first-order valence-electron chi connectivity index (χ1n) is 5.56. The van der Waals surface area contributed by atoms with Crippen LogP contribution in [0.3, 0.4) is 0 Å². The van der Waals surface area contributed by atoms with Gasteiger partial charge in [-0.15, -0.1) is 0 Å². The van der Waals surface area contributed by atoms with E-state index in [4.69, 9.17) is 0 Å². The van der Waals surface area contributed by atoms with Crippen molar-refractivity contribution in [2.45, 2.75) is 31.3 Å². The Kier molecular flexibility index (Phi) is 2.02. The molecule has 0 aromatic heterocycles. The molecule has 0 aromatic rings. The summed E-state index contributed by atoms with van der Waals surface area (Å²) in [4.78, 5) is 4.33. The summed E-state index contributed by atoms with van der Waals surface area (Å²) in [5.74, 6) is 1.44. The highest BCUT2D eigenvalue weighted by Crippen LogP contribution is 2.35. The van der Waals surface area contributed by atoms with Gasteiger partial charge >= 0.3 is 0 Å². The van der Waals surface area contributed by atoms with Crippen LogP contribution in [-0.4, -0.2) is 18.3 Å². The number of hydrogen-bond acceptors (Lipinski definition) is 2.